The Morgan fingerprint density at radius 3 is 2.12 bits per heavy atom. The zero-order valence-corrected chi connectivity index (χ0v) is 24.6. The first kappa shape index (κ1) is 31.1. The normalized spacial score (nSPS) is 14.9. The number of rotatable bonds is 8. The van der Waals surface area contributed by atoms with E-state index in [1.54, 1.807) is 17.0 Å². The summed E-state index contributed by atoms with van der Waals surface area (Å²) in [6.07, 6.45) is -3.54. The molecule has 0 bridgehead atoms. The number of hydrogen-bond donors (Lipinski definition) is 1. The maximum atomic E-state index is 13.3. The SMILES string of the molecule is COc1cc(N2CCN(S(=O)(=O)c3ccc(NC(=O)c4ccccc4N(C)S(C)(=O)=O)cc3)CC2)cc(C(F)(F)F)c1. The minimum Gasteiger partial charge on any atom is -0.497 e. The molecule has 1 aliphatic rings. The van der Waals surface area contributed by atoms with Crippen LogP contribution in [0, 0.1) is 0 Å². The Bertz CT molecular complexity index is 1670. The van der Waals surface area contributed by atoms with E-state index in [9.17, 15) is 34.8 Å². The number of benzene rings is 3. The molecular weight excluding hydrogens is 597 g/mol. The summed E-state index contributed by atoms with van der Waals surface area (Å²) in [6.45, 7) is 0.423. The average Bonchev–Trinajstić information content (AvgIpc) is 2.96. The van der Waals surface area contributed by atoms with Crippen molar-refractivity contribution in [1.82, 2.24) is 4.31 Å². The molecule has 3 aromatic rings. The zero-order valence-electron chi connectivity index (χ0n) is 22.9. The predicted octanol–water partition coefficient (Wildman–Crippen LogP) is 3.87. The molecule has 1 N–H and O–H groups in total. The highest BCUT2D eigenvalue weighted by Gasteiger charge is 2.33. The summed E-state index contributed by atoms with van der Waals surface area (Å²) in [5, 5.41) is 2.65. The quantitative estimate of drug-likeness (QED) is 0.404. The highest BCUT2D eigenvalue weighted by Crippen LogP contribution is 2.35. The molecule has 15 heteroatoms. The Morgan fingerprint density at radius 1 is 0.929 bits per heavy atom. The first-order valence-corrected chi connectivity index (χ1v) is 15.9. The second-order valence-corrected chi connectivity index (χ2v) is 13.5. The van der Waals surface area contributed by atoms with Gasteiger partial charge in [0.15, 0.2) is 0 Å². The predicted molar refractivity (Wildman–Crippen MR) is 153 cm³/mol. The minimum absolute atomic E-state index is 0.0214. The monoisotopic (exact) mass is 626 g/mol. The number of nitrogens with zero attached hydrogens (tertiary/aromatic N) is 3. The number of halogens is 3. The summed E-state index contributed by atoms with van der Waals surface area (Å²) in [4.78, 5) is 14.6. The van der Waals surface area contributed by atoms with E-state index < -0.39 is 37.7 Å². The maximum Gasteiger partial charge on any atom is 0.416 e. The van der Waals surface area contributed by atoms with Crippen molar-refractivity contribution in [2.45, 2.75) is 11.1 Å². The van der Waals surface area contributed by atoms with Crippen LogP contribution in [-0.4, -0.2) is 73.6 Å². The van der Waals surface area contributed by atoms with Crippen molar-refractivity contribution < 1.29 is 39.5 Å². The topological polar surface area (TPSA) is 116 Å². The number of anilines is 3. The molecule has 226 valence electrons. The van der Waals surface area contributed by atoms with Gasteiger partial charge in [0.1, 0.15) is 5.75 Å². The van der Waals surface area contributed by atoms with Crippen LogP contribution in [0.4, 0.5) is 30.2 Å². The van der Waals surface area contributed by atoms with Gasteiger partial charge >= 0.3 is 6.18 Å². The highest BCUT2D eigenvalue weighted by atomic mass is 32.2. The number of carbonyl (C=O) groups excluding carboxylic acids is 1. The van der Waals surface area contributed by atoms with Crippen molar-refractivity contribution in [2.75, 3.05) is 61.1 Å². The standard InChI is InChI=1S/C27H29F3N4O6S2/c1-32(41(3,36)37)25-7-5-4-6-24(25)26(35)31-20-8-10-23(11-9-20)42(38,39)34-14-12-33(13-15-34)21-16-19(27(28,29)30)17-22(18-21)40-2/h4-11,16-18H,12-15H2,1-3H3,(H,31,35). The maximum absolute atomic E-state index is 13.3. The molecule has 1 aliphatic heterocycles. The molecule has 10 nitrogen and oxygen atoms in total. The van der Waals surface area contributed by atoms with Gasteiger partial charge < -0.3 is 15.0 Å². The Morgan fingerprint density at radius 2 is 1.55 bits per heavy atom. The molecule has 0 saturated carbocycles. The van der Waals surface area contributed by atoms with Gasteiger partial charge in [0.05, 0.1) is 35.1 Å². The van der Waals surface area contributed by atoms with Gasteiger partial charge in [-0.1, -0.05) is 12.1 Å². The van der Waals surface area contributed by atoms with Crippen LogP contribution in [0.5, 0.6) is 5.75 Å². The van der Waals surface area contributed by atoms with E-state index >= 15 is 0 Å². The smallest absolute Gasteiger partial charge is 0.416 e. The first-order chi connectivity index (χ1) is 19.6. The Kier molecular flexibility index (Phi) is 8.76. The van der Waals surface area contributed by atoms with E-state index in [2.05, 4.69) is 5.32 Å². The summed E-state index contributed by atoms with van der Waals surface area (Å²) in [7, 11) is -4.94. The summed E-state index contributed by atoms with van der Waals surface area (Å²) >= 11 is 0. The van der Waals surface area contributed by atoms with Crippen molar-refractivity contribution in [3.8, 4) is 5.75 Å². The van der Waals surface area contributed by atoms with Crippen LogP contribution in [0.2, 0.25) is 0 Å². The van der Waals surface area contributed by atoms with Gasteiger partial charge in [0.25, 0.3) is 5.91 Å². The minimum atomic E-state index is -4.56. The lowest BCUT2D eigenvalue weighted by Crippen LogP contribution is -2.48. The van der Waals surface area contributed by atoms with Crippen LogP contribution in [0.1, 0.15) is 15.9 Å². The molecule has 3 aromatic carbocycles. The fraction of sp³-hybridized carbons (Fsp3) is 0.296. The van der Waals surface area contributed by atoms with Crippen LogP contribution in [-0.2, 0) is 26.2 Å². The van der Waals surface area contributed by atoms with Gasteiger partial charge in [-0.3, -0.25) is 9.10 Å². The van der Waals surface area contributed by atoms with Gasteiger partial charge in [-0.25, -0.2) is 16.8 Å². The number of carbonyl (C=O) groups is 1. The van der Waals surface area contributed by atoms with Crippen molar-refractivity contribution >= 4 is 43.0 Å². The number of nitrogens with one attached hydrogen (secondary N) is 1. The third-order valence-corrected chi connectivity index (χ3v) is 9.90. The largest absolute Gasteiger partial charge is 0.497 e. The Balaban J connectivity index is 1.45. The van der Waals surface area contributed by atoms with E-state index in [0.717, 1.165) is 22.7 Å². The summed E-state index contributed by atoms with van der Waals surface area (Å²) in [6, 6.07) is 15.1. The molecule has 0 aromatic heterocycles. The lowest BCUT2D eigenvalue weighted by atomic mass is 10.1. The fourth-order valence-corrected chi connectivity index (χ4v) is 6.35. The number of piperazine rings is 1. The van der Waals surface area contributed by atoms with Crippen LogP contribution in [0.15, 0.2) is 71.6 Å². The molecule has 4 rings (SSSR count). The lowest BCUT2D eigenvalue weighted by Gasteiger charge is -2.35. The summed E-state index contributed by atoms with van der Waals surface area (Å²) < 4.78 is 97.7. The molecule has 0 spiro atoms. The van der Waals surface area contributed by atoms with E-state index in [0.29, 0.717) is 5.69 Å². The van der Waals surface area contributed by atoms with Gasteiger partial charge in [-0.15, -0.1) is 0 Å². The van der Waals surface area contributed by atoms with Crippen LogP contribution in [0.3, 0.4) is 0 Å². The van der Waals surface area contributed by atoms with Gasteiger partial charge in [-0.05, 0) is 48.5 Å². The van der Waals surface area contributed by atoms with Crippen LogP contribution >= 0.6 is 0 Å². The van der Waals surface area contributed by atoms with Crippen molar-refractivity contribution in [3.05, 3.63) is 77.9 Å². The first-order valence-electron chi connectivity index (χ1n) is 12.6. The van der Waals surface area contributed by atoms with E-state index in [-0.39, 0.29) is 53.8 Å². The summed E-state index contributed by atoms with van der Waals surface area (Å²) in [5.41, 5.74) is 0.00461. The number of methoxy groups -OCH3 is 1. The number of para-hydroxylation sites is 1. The highest BCUT2D eigenvalue weighted by molar-refractivity contribution is 7.92. The second-order valence-electron chi connectivity index (χ2n) is 9.53. The lowest BCUT2D eigenvalue weighted by molar-refractivity contribution is -0.137. The average molecular weight is 627 g/mol. The second kappa shape index (κ2) is 11.8. The molecule has 0 radical (unpaired) electrons. The third-order valence-electron chi connectivity index (χ3n) is 6.79. The number of alkyl halides is 3. The Hall–Kier alpha value is -3.82. The molecule has 1 saturated heterocycles. The molecule has 1 fully saturated rings. The number of ether oxygens (including phenoxy) is 1. The van der Waals surface area contributed by atoms with Crippen LogP contribution in [0.25, 0.3) is 0 Å². The number of sulfonamides is 2. The van der Waals surface area contributed by atoms with Gasteiger partial charge in [0, 0.05) is 50.7 Å². The zero-order chi connectivity index (χ0) is 30.9. The third kappa shape index (κ3) is 6.79. The molecule has 42 heavy (non-hydrogen) atoms. The van der Waals surface area contributed by atoms with Gasteiger partial charge in [-0.2, -0.15) is 17.5 Å². The number of amides is 1. The van der Waals surface area contributed by atoms with Crippen molar-refractivity contribution in [3.63, 3.8) is 0 Å². The molecule has 0 aliphatic carbocycles. The van der Waals surface area contributed by atoms with E-state index in [4.69, 9.17) is 4.74 Å². The molecule has 1 amide bonds. The fourth-order valence-electron chi connectivity index (χ4n) is 4.41. The molecular formula is C27H29F3N4O6S2. The van der Waals surface area contributed by atoms with Crippen molar-refractivity contribution in [2.24, 2.45) is 0 Å². The Labute approximate surface area is 242 Å². The van der Waals surface area contributed by atoms with Gasteiger partial charge in [0.2, 0.25) is 20.0 Å². The van der Waals surface area contributed by atoms with E-state index in [1.807, 2.05) is 0 Å². The molecule has 1 heterocycles. The van der Waals surface area contributed by atoms with E-state index in [1.165, 1.54) is 60.9 Å². The number of hydrogen-bond acceptors (Lipinski definition) is 7. The van der Waals surface area contributed by atoms with Crippen molar-refractivity contribution in [1.29, 1.82) is 0 Å². The van der Waals surface area contributed by atoms with Crippen LogP contribution < -0.4 is 19.3 Å². The summed E-state index contributed by atoms with van der Waals surface area (Å²) in [5.74, 6) is -0.535. The molecule has 0 unspecified atom stereocenters. The molecule has 0 atom stereocenters.